The lowest BCUT2D eigenvalue weighted by molar-refractivity contribution is 0.485. The first-order chi connectivity index (χ1) is 9.95. The van der Waals surface area contributed by atoms with Gasteiger partial charge in [0.25, 0.3) is 0 Å². The summed E-state index contributed by atoms with van der Waals surface area (Å²) in [6, 6.07) is 6.88. The third-order valence-corrected chi connectivity index (χ3v) is 6.36. The van der Waals surface area contributed by atoms with Crippen molar-refractivity contribution in [1.82, 2.24) is 9.78 Å². The van der Waals surface area contributed by atoms with Crippen LogP contribution < -0.4 is 0 Å². The fraction of sp³-hybridized carbons (Fsp3) is 0.400. The molecule has 0 amide bonds. The van der Waals surface area contributed by atoms with Gasteiger partial charge >= 0.3 is 0 Å². The highest BCUT2D eigenvalue weighted by Gasteiger charge is 2.35. The van der Waals surface area contributed by atoms with Gasteiger partial charge in [0.1, 0.15) is 5.82 Å². The van der Waals surface area contributed by atoms with Gasteiger partial charge in [-0.3, -0.25) is 4.68 Å². The summed E-state index contributed by atoms with van der Waals surface area (Å²) >= 11 is 13.4. The van der Waals surface area contributed by atoms with Crippen LogP contribution in [0.5, 0.6) is 0 Å². The number of hydrogen-bond acceptors (Lipinski definition) is 1. The van der Waals surface area contributed by atoms with Crippen molar-refractivity contribution in [2.75, 3.05) is 10.7 Å². The molecule has 0 radical (unpaired) electrons. The number of hydrogen-bond donors (Lipinski definition) is 0. The van der Waals surface area contributed by atoms with Crippen LogP contribution in [0.15, 0.2) is 24.3 Å². The predicted octanol–water partition coefficient (Wildman–Crippen LogP) is 4.79. The molecule has 21 heavy (non-hydrogen) atoms. The van der Waals surface area contributed by atoms with Crippen LogP contribution in [0, 0.1) is 12.7 Å². The molecular weight excluding hydrogens is 422 g/mol. The minimum Gasteiger partial charge on any atom is -0.271 e. The molecule has 114 valence electrons. The number of nitrogens with zero attached hydrogens (tertiary/aromatic N) is 2. The van der Waals surface area contributed by atoms with E-state index in [2.05, 4.69) is 37.0 Å². The van der Waals surface area contributed by atoms with Crippen molar-refractivity contribution in [2.24, 2.45) is 7.05 Å². The highest BCUT2D eigenvalue weighted by Crippen LogP contribution is 2.36. The normalized spacial score (nSPS) is 11.9. The molecule has 0 saturated heterocycles. The first-order valence-corrected chi connectivity index (χ1v) is 9.12. The SMILES string of the molecule is Cc1nn(C)c(CC(CBr)(CBr)c2ccccc2F)c1Cl. The zero-order valence-corrected chi connectivity index (χ0v) is 15.8. The first-order valence-electron chi connectivity index (χ1n) is 6.50. The molecule has 0 fully saturated rings. The van der Waals surface area contributed by atoms with Gasteiger partial charge in [0.15, 0.2) is 0 Å². The highest BCUT2D eigenvalue weighted by atomic mass is 79.9. The summed E-state index contributed by atoms with van der Waals surface area (Å²) in [7, 11) is 1.86. The van der Waals surface area contributed by atoms with Crippen molar-refractivity contribution in [3.05, 3.63) is 52.1 Å². The van der Waals surface area contributed by atoms with E-state index in [1.165, 1.54) is 6.07 Å². The van der Waals surface area contributed by atoms with Crippen LogP contribution in [-0.4, -0.2) is 20.4 Å². The lowest BCUT2D eigenvalue weighted by Gasteiger charge is -2.31. The van der Waals surface area contributed by atoms with Crippen molar-refractivity contribution in [3.63, 3.8) is 0 Å². The second-order valence-corrected chi connectivity index (χ2v) is 6.67. The van der Waals surface area contributed by atoms with E-state index in [1.807, 2.05) is 26.1 Å². The standard InChI is InChI=1S/C15H16Br2ClFN2/c1-10-14(18)13(21(2)20-10)7-15(8-16,9-17)11-5-3-4-6-12(11)19/h3-6H,7-9H2,1-2H3. The van der Waals surface area contributed by atoms with Crippen LogP contribution in [0.3, 0.4) is 0 Å². The molecule has 0 aliphatic rings. The molecule has 2 aromatic rings. The Labute approximate surface area is 145 Å². The van der Waals surface area contributed by atoms with Crippen molar-refractivity contribution in [1.29, 1.82) is 0 Å². The molecular formula is C15H16Br2ClFN2. The Morgan fingerprint density at radius 3 is 2.38 bits per heavy atom. The molecule has 2 nitrogen and oxygen atoms in total. The number of benzene rings is 1. The van der Waals surface area contributed by atoms with Gasteiger partial charge < -0.3 is 0 Å². The monoisotopic (exact) mass is 436 g/mol. The molecule has 0 saturated carbocycles. The highest BCUT2D eigenvalue weighted by molar-refractivity contribution is 9.09. The largest absolute Gasteiger partial charge is 0.271 e. The molecule has 0 unspecified atom stereocenters. The maximum absolute atomic E-state index is 14.3. The van der Waals surface area contributed by atoms with E-state index in [1.54, 1.807) is 10.7 Å². The summed E-state index contributed by atoms with van der Waals surface area (Å²) in [5, 5.41) is 6.23. The van der Waals surface area contributed by atoms with Crippen molar-refractivity contribution >= 4 is 43.5 Å². The Balaban J connectivity index is 2.51. The van der Waals surface area contributed by atoms with Crippen LogP contribution in [-0.2, 0) is 18.9 Å². The molecule has 1 heterocycles. The van der Waals surface area contributed by atoms with E-state index in [0.29, 0.717) is 27.7 Å². The molecule has 0 aliphatic heterocycles. The third kappa shape index (κ3) is 3.20. The van der Waals surface area contributed by atoms with Crippen LogP contribution in [0.25, 0.3) is 0 Å². The van der Waals surface area contributed by atoms with Crippen LogP contribution in [0.2, 0.25) is 5.02 Å². The smallest absolute Gasteiger partial charge is 0.127 e. The van der Waals surface area contributed by atoms with E-state index in [0.717, 1.165) is 11.4 Å². The summed E-state index contributed by atoms with van der Waals surface area (Å²) < 4.78 is 16.0. The third-order valence-electron chi connectivity index (χ3n) is 3.72. The zero-order valence-electron chi connectivity index (χ0n) is 11.8. The molecule has 6 heteroatoms. The Hall–Kier alpha value is -0.390. The topological polar surface area (TPSA) is 17.8 Å². The lowest BCUT2D eigenvalue weighted by Crippen LogP contribution is -2.35. The average molecular weight is 439 g/mol. The summed E-state index contributed by atoms with van der Waals surface area (Å²) in [4.78, 5) is 0. The van der Waals surface area contributed by atoms with Crippen molar-refractivity contribution in [3.8, 4) is 0 Å². The molecule has 0 N–H and O–H groups in total. The summed E-state index contributed by atoms with van der Waals surface area (Å²) in [5.41, 5.74) is 1.96. The van der Waals surface area contributed by atoms with Gasteiger partial charge in [-0.15, -0.1) is 0 Å². The summed E-state index contributed by atoms with van der Waals surface area (Å²) in [6.07, 6.45) is 0.598. The van der Waals surface area contributed by atoms with Gasteiger partial charge in [0, 0.05) is 29.5 Å². The van der Waals surface area contributed by atoms with E-state index >= 15 is 0 Å². The van der Waals surface area contributed by atoms with Gasteiger partial charge in [-0.25, -0.2) is 4.39 Å². The summed E-state index contributed by atoms with van der Waals surface area (Å²) in [5.74, 6) is -0.202. The minimum absolute atomic E-state index is 0.202. The summed E-state index contributed by atoms with van der Waals surface area (Å²) in [6.45, 7) is 1.87. The number of halogens is 4. The predicted molar refractivity (Wildman–Crippen MR) is 92.3 cm³/mol. The number of aryl methyl sites for hydroxylation is 2. The second kappa shape index (κ2) is 6.80. The first kappa shape index (κ1) is 17.0. The number of alkyl halides is 2. The minimum atomic E-state index is -0.421. The Morgan fingerprint density at radius 1 is 1.29 bits per heavy atom. The average Bonchev–Trinajstić information content (AvgIpc) is 2.71. The molecule has 0 bridgehead atoms. The molecule has 1 aromatic carbocycles. The zero-order chi connectivity index (χ0) is 15.6. The molecule has 1 aromatic heterocycles. The fourth-order valence-corrected chi connectivity index (χ4v) is 4.61. The van der Waals surface area contributed by atoms with Crippen LogP contribution >= 0.6 is 43.5 Å². The Bertz CT molecular complexity index is 639. The van der Waals surface area contributed by atoms with E-state index in [4.69, 9.17) is 11.6 Å². The van der Waals surface area contributed by atoms with E-state index < -0.39 is 5.41 Å². The van der Waals surface area contributed by atoms with Gasteiger partial charge in [-0.2, -0.15) is 5.10 Å². The number of aromatic nitrogens is 2. The van der Waals surface area contributed by atoms with Crippen molar-refractivity contribution < 1.29 is 4.39 Å². The van der Waals surface area contributed by atoms with E-state index in [-0.39, 0.29) is 5.82 Å². The van der Waals surface area contributed by atoms with Crippen LogP contribution in [0.1, 0.15) is 17.0 Å². The molecule has 0 aliphatic carbocycles. The van der Waals surface area contributed by atoms with Gasteiger partial charge in [-0.05, 0) is 18.6 Å². The maximum Gasteiger partial charge on any atom is 0.127 e. The maximum atomic E-state index is 14.3. The van der Waals surface area contributed by atoms with Gasteiger partial charge in [0.05, 0.1) is 16.4 Å². The molecule has 2 rings (SSSR count). The Morgan fingerprint density at radius 2 is 1.90 bits per heavy atom. The molecule has 0 atom stereocenters. The molecule has 0 spiro atoms. The van der Waals surface area contributed by atoms with Crippen LogP contribution in [0.4, 0.5) is 4.39 Å². The quantitative estimate of drug-likeness (QED) is 0.614. The Kier molecular flexibility index (Phi) is 5.49. The van der Waals surface area contributed by atoms with E-state index in [9.17, 15) is 4.39 Å². The van der Waals surface area contributed by atoms with Crippen molar-refractivity contribution in [2.45, 2.75) is 18.8 Å². The number of rotatable bonds is 5. The van der Waals surface area contributed by atoms with Gasteiger partial charge in [-0.1, -0.05) is 61.7 Å². The van der Waals surface area contributed by atoms with Gasteiger partial charge in [0.2, 0.25) is 0 Å². The second-order valence-electron chi connectivity index (χ2n) is 5.17. The fourth-order valence-electron chi connectivity index (χ4n) is 2.45. The lowest BCUT2D eigenvalue weighted by atomic mass is 9.80.